The fourth-order valence-corrected chi connectivity index (χ4v) is 3.47. The summed E-state index contributed by atoms with van der Waals surface area (Å²) in [6, 6.07) is 5.77. The topological polar surface area (TPSA) is 71.6 Å². The third-order valence-corrected chi connectivity index (χ3v) is 4.51. The van der Waals surface area contributed by atoms with Gasteiger partial charge in [0.1, 0.15) is 19.3 Å². The molecule has 3 atom stereocenters. The zero-order valence-electron chi connectivity index (χ0n) is 11.7. The molecule has 2 fully saturated rings. The molecule has 4 rings (SSSR count). The quantitative estimate of drug-likeness (QED) is 0.759. The number of carbonyl (C=O) groups is 1. The molecule has 3 N–H and O–H groups in total. The third-order valence-electron chi connectivity index (χ3n) is 4.51. The molecule has 1 saturated heterocycles. The van der Waals surface area contributed by atoms with E-state index < -0.39 is 0 Å². The van der Waals surface area contributed by atoms with Gasteiger partial charge in [-0.25, -0.2) is 5.43 Å². The van der Waals surface area contributed by atoms with Gasteiger partial charge in [0, 0.05) is 23.7 Å². The molecule has 1 amide bonds. The Kier molecular flexibility index (Phi) is 3.20. The molecule has 0 bridgehead atoms. The number of hydrazine groups is 1. The van der Waals surface area contributed by atoms with Crippen LogP contribution in [0.25, 0.3) is 0 Å². The van der Waals surface area contributed by atoms with Crippen molar-refractivity contribution in [2.24, 2.45) is 5.92 Å². The van der Waals surface area contributed by atoms with E-state index in [9.17, 15) is 4.79 Å². The van der Waals surface area contributed by atoms with Crippen LogP contribution < -0.4 is 25.6 Å². The number of nitrogens with one attached hydrogen (secondary N) is 3. The molecule has 3 aliphatic rings. The molecular formula is C15H19N3O3. The number of carbonyl (C=O) groups excluding carboxylic acids is 1. The number of benzene rings is 1. The van der Waals surface area contributed by atoms with Crippen molar-refractivity contribution in [2.45, 2.75) is 31.3 Å². The minimum absolute atomic E-state index is 0.00794. The van der Waals surface area contributed by atoms with Crippen molar-refractivity contribution in [1.82, 2.24) is 10.9 Å². The standard InChI is InChI=1S/C15H19N3O3/c19-15(14-10-2-1-3-11(10)17-18-14)16-9-4-5-12-13(8-9)21-7-6-20-12/h4-5,8,10-11,14,17-18H,1-3,6-7H2,(H,16,19). The van der Waals surface area contributed by atoms with E-state index in [1.54, 1.807) is 0 Å². The van der Waals surface area contributed by atoms with Gasteiger partial charge in [-0.3, -0.25) is 10.2 Å². The molecular weight excluding hydrogens is 270 g/mol. The van der Waals surface area contributed by atoms with Crippen molar-refractivity contribution < 1.29 is 14.3 Å². The van der Waals surface area contributed by atoms with Gasteiger partial charge in [0.05, 0.1) is 0 Å². The molecule has 21 heavy (non-hydrogen) atoms. The normalized spacial score (nSPS) is 30.0. The monoisotopic (exact) mass is 289 g/mol. The molecule has 6 heteroatoms. The van der Waals surface area contributed by atoms with E-state index in [4.69, 9.17) is 9.47 Å². The summed E-state index contributed by atoms with van der Waals surface area (Å²) < 4.78 is 11.0. The van der Waals surface area contributed by atoms with E-state index in [1.807, 2.05) is 18.2 Å². The Labute approximate surface area is 123 Å². The summed E-state index contributed by atoms with van der Waals surface area (Å²) in [4.78, 5) is 12.4. The van der Waals surface area contributed by atoms with E-state index in [-0.39, 0.29) is 11.9 Å². The lowest BCUT2D eigenvalue weighted by Gasteiger charge is -2.20. The van der Waals surface area contributed by atoms with Crippen LogP contribution in [0.1, 0.15) is 19.3 Å². The molecule has 1 aliphatic carbocycles. The largest absolute Gasteiger partial charge is 0.486 e. The molecule has 1 saturated carbocycles. The van der Waals surface area contributed by atoms with Crippen LogP contribution in [0.2, 0.25) is 0 Å². The lowest BCUT2D eigenvalue weighted by molar-refractivity contribution is -0.118. The summed E-state index contributed by atoms with van der Waals surface area (Å²) in [7, 11) is 0. The molecule has 112 valence electrons. The van der Waals surface area contributed by atoms with Crippen molar-refractivity contribution in [3.8, 4) is 11.5 Å². The van der Waals surface area contributed by atoms with Gasteiger partial charge in [0.15, 0.2) is 11.5 Å². The molecule has 0 aromatic heterocycles. The minimum Gasteiger partial charge on any atom is -0.486 e. The van der Waals surface area contributed by atoms with Gasteiger partial charge in [-0.1, -0.05) is 6.42 Å². The zero-order chi connectivity index (χ0) is 14.2. The van der Waals surface area contributed by atoms with Crippen LogP contribution in [-0.4, -0.2) is 31.2 Å². The molecule has 2 heterocycles. The summed E-state index contributed by atoms with van der Waals surface area (Å²) in [5.74, 6) is 1.82. The Morgan fingerprint density at radius 1 is 1.14 bits per heavy atom. The van der Waals surface area contributed by atoms with E-state index >= 15 is 0 Å². The number of ether oxygens (including phenoxy) is 2. The molecule has 0 spiro atoms. The average Bonchev–Trinajstić information content (AvgIpc) is 3.09. The fraction of sp³-hybridized carbons (Fsp3) is 0.533. The first-order chi connectivity index (χ1) is 10.3. The van der Waals surface area contributed by atoms with E-state index in [0.717, 1.165) is 24.3 Å². The van der Waals surface area contributed by atoms with Crippen molar-refractivity contribution in [3.63, 3.8) is 0 Å². The second-order valence-corrected chi connectivity index (χ2v) is 5.82. The van der Waals surface area contributed by atoms with Crippen LogP contribution in [0.15, 0.2) is 18.2 Å². The van der Waals surface area contributed by atoms with E-state index in [0.29, 0.717) is 30.9 Å². The first kappa shape index (κ1) is 12.9. The lowest BCUT2D eigenvalue weighted by Crippen LogP contribution is -2.42. The third kappa shape index (κ3) is 2.34. The summed E-state index contributed by atoms with van der Waals surface area (Å²) in [5, 5.41) is 2.97. The Morgan fingerprint density at radius 3 is 2.90 bits per heavy atom. The van der Waals surface area contributed by atoms with E-state index in [1.165, 1.54) is 6.42 Å². The summed E-state index contributed by atoms with van der Waals surface area (Å²) in [5.41, 5.74) is 7.10. The number of fused-ring (bicyclic) bond motifs is 2. The molecule has 1 aromatic rings. The molecule has 2 aliphatic heterocycles. The first-order valence-electron chi connectivity index (χ1n) is 7.53. The second-order valence-electron chi connectivity index (χ2n) is 5.82. The van der Waals surface area contributed by atoms with Crippen molar-refractivity contribution in [3.05, 3.63) is 18.2 Å². The maximum atomic E-state index is 12.4. The van der Waals surface area contributed by atoms with Crippen molar-refractivity contribution in [1.29, 1.82) is 0 Å². The Bertz CT molecular complexity index is 563. The predicted molar refractivity (Wildman–Crippen MR) is 77.3 cm³/mol. The summed E-state index contributed by atoms with van der Waals surface area (Å²) in [6.45, 7) is 1.11. The molecule has 3 unspecified atom stereocenters. The molecule has 0 radical (unpaired) electrons. The maximum absolute atomic E-state index is 12.4. The Balaban J connectivity index is 1.47. The van der Waals surface area contributed by atoms with Gasteiger partial charge in [0.25, 0.3) is 0 Å². The zero-order valence-corrected chi connectivity index (χ0v) is 11.7. The highest BCUT2D eigenvalue weighted by Gasteiger charge is 2.42. The number of amides is 1. The van der Waals surface area contributed by atoms with Crippen LogP contribution in [0.5, 0.6) is 11.5 Å². The predicted octanol–water partition coefficient (Wildman–Crippen LogP) is 1.04. The smallest absolute Gasteiger partial charge is 0.243 e. The van der Waals surface area contributed by atoms with Gasteiger partial charge in [0.2, 0.25) is 5.91 Å². The van der Waals surface area contributed by atoms with Gasteiger partial charge in [-0.2, -0.15) is 0 Å². The highest BCUT2D eigenvalue weighted by atomic mass is 16.6. The number of hydrogen-bond acceptors (Lipinski definition) is 5. The van der Waals surface area contributed by atoms with Crippen molar-refractivity contribution in [2.75, 3.05) is 18.5 Å². The Hall–Kier alpha value is -1.79. The Morgan fingerprint density at radius 2 is 2.00 bits per heavy atom. The van der Waals surface area contributed by atoms with Gasteiger partial charge < -0.3 is 14.8 Å². The SMILES string of the molecule is O=C(Nc1ccc2c(c1)OCCO2)C1NNC2CCCC21. The molecule has 1 aromatic carbocycles. The van der Waals surface area contributed by atoms with Crippen molar-refractivity contribution >= 4 is 11.6 Å². The van der Waals surface area contributed by atoms with Crippen LogP contribution in [0.3, 0.4) is 0 Å². The number of rotatable bonds is 2. The highest BCUT2D eigenvalue weighted by Crippen LogP contribution is 2.34. The minimum atomic E-state index is -0.161. The average molecular weight is 289 g/mol. The lowest BCUT2D eigenvalue weighted by atomic mass is 9.96. The van der Waals surface area contributed by atoms with E-state index in [2.05, 4.69) is 16.2 Å². The molecule has 6 nitrogen and oxygen atoms in total. The van der Waals surface area contributed by atoms with Crippen LogP contribution in [-0.2, 0) is 4.79 Å². The number of hydrogen-bond donors (Lipinski definition) is 3. The number of anilines is 1. The maximum Gasteiger partial charge on any atom is 0.243 e. The van der Waals surface area contributed by atoms with Gasteiger partial charge >= 0.3 is 0 Å². The van der Waals surface area contributed by atoms with Gasteiger partial charge in [-0.05, 0) is 25.0 Å². The second kappa shape index (κ2) is 5.20. The first-order valence-corrected chi connectivity index (χ1v) is 7.53. The van der Waals surface area contributed by atoms with Crippen LogP contribution >= 0.6 is 0 Å². The fourth-order valence-electron chi connectivity index (χ4n) is 3.47. The van der Waals surface area contributed by atoms with Crippen LogP contribution in [0.4, 0.5) is 5.69 Å². The summed E-state index contributed by atoms with van der Waals surface area (Å²) in [6.07, 6.45) is 3.44. The van der Waals surface area contributed by atoms with Crippen LogP contribution in [0, 0.1) is 5.92 Å². The summed E-state index contributed by atoms with van der Waals surface area (Å²) >= 11 is 0. The highest BCUT2D eigenvalue weighted by molar-refractivity contribution is 5.95. The van der Waals surface area contributed by atoms with Gasteiger partial charge in [-0.15, -0.1) is 0 Å².